The number of fused-ring (bicyclic) bond motifs is 5. The first-order valence-corrected chi connectivity index (χ1v) is 20.7. The van der Waals surface area contributed by atoms with Crippen molar-refractivity contribution >= 4 is 44.4 Å². The second-order valence-electron chi connectivity index (χ2n) is 15.8. The quantitative estimate of drug-likeness (QED) is 0.209. The van der Waals surface area contributed by atoms with Crippen molar-refractivity contribution < 1.29 is 35.9 Å². The predicted octanol–water partition coefficient (Wildman–Crippen LogP) is 7.30. The number of benzene rings is 2. The summed E-state index contributed by atoms with van der Waals surface area (Å²) in [5.41, 5.74) is 2.87. The molecule has 0 bridgehead atoms. The van der Waals surface area contributed by atoms with Crippen molar-refractivity contribution in [3.63, 3.8) is 0 Å². The number of aromatic nitrogens is 3. The standard InChI is InChI=1S/C41H49F3N6O5S/c1-23(2)56(53,54)46-39(51)27-13-15-32-33(19-27)50-22-29(17-28-18-30(55-7)14-16-31(28)37(50)34(32)26-11-9-8-10-12-26)36-35(38(41(42,43)44)45-48(36)6)40(52)49-20-24(3)47(5)25(4)21-49/h13-19,23-26H,8-12,20-22H2,1-7H3,(H,46,51)/t24-,25-/m1/s1. The summed E-state index contributed by atoms with van der Waals surface area (Å²) >= 11 is 0. The Morgan fingerprint density at radius 3 is 2.27 bits per heavy atom. The Labute approximate surface area is 325 Å². The topological polar surface area (TPSA) is 119 Å². The number of rotatable bonds is 7. The van der Waals surface area contributed by atoms with Gasteiger partial charge in [-0.1, -0.05) is 25.3 Å². The van der Waals surface area contributed by atoms with Crippen LogP contribution in [0.15, 0.2) is 36.4 Å². The number of aryl methyl sites for hydroxylation is 1. The molecule has 1 aliphatic carbocycles. The van der Waals surface area contributed by atoms with Crippen molar-refractivity contribution in [2.75, 3.05) is 27.2 Å². The number of methoxy groups -OCH3 is 1. The van der Waals surface area contributed by atoms with Gasteiger partial charge in [0.15, 0.2) is 5.69 Å². The Morgan fingerprint density at radius 2 is 1.64 bits per heavy atom. The lowest BCUT2D eigenvalue weighted by Crippen LogP contribution is -2.56. The lowest BCUT2D eigenvalue weighted by Gasteiger charge is -2.42. The van der Waals surface area contributed by atoms with Gasteiger partial charge in [-0.25, -0.2) is 13.1 Å². The summed E-state index contributed by atoms with van der Waals surface area (Å²) in [6.45, 7) is 7.37. The van der Waals surface area contributed by atoms with Gasteiger partial charge in [-0.2, -0.15) is 18.3 Å². The van der Waals surface area contributed by atoms with Gasteiger partial charge in [-0.15, -0.1) is 0 Å². The molecule has 0 spiro atoms. The van der Waals surface area contributed by atoms with Gasteiger partial charge in [0.25, 0.3) is 11.8 Å². The number of hydrogen-bond donors (Lipinski definition) is 1. The van der Waals surface area contributed by atoms with E-state index >= 15 is 0 Å². The summed E-state index contributed by atoms with van der Waals surface area (Å²) < 4.78 is 81.3. The molecule has 11 nitrogen and oxygen atoms in total. The molecular formula is C41H49F3N6O5S. The third kappa shape index (κ3) is 7.01. The lowest BCUT2D eigenvalue weighted by molar-refractivity contribution is -0.141. The van der Waals surface area contributed by atoms with Crippen LogP contribution in [0.5, 0.6) is 5.75 Å². The third-order valence-corrected chi connectivity index (χ3v) is 13.6. The largest absolute Gasteiger partial charge is 0.497 e. The van der Waals surface area contributed by atoms with E-state index in [9.17, 15) is 31.2 Å². The number of nitrogens with zero attached hydrogens (tertiary/aromatic N) is 5. The highest BCUT2D eigenvalue weighted by Crippen LogP contribution is 2.48. The Balaban J connectivity index is 1.49. The molecule has 2 atom stereocenters. The SMILES string of the molecule is COc1ccc2c(c1)C=C(c1c(C(=O)N3C[C@@H](C)N(C)[C@H](C)C3)c(C(F)(F)F)nn1C)Cn1c-2c(C2CCCCC2)c2ccc(C(=O)NS(=O)(=O)C(C)C)cc21. The van der Waals surface area contributed by atoms with E-state index in [1.807, 2.05) is 55.8 Å². The zero-order chi connectivity index (χ0) is 40.4. The molecule has 3 aliphatic rings. The van der Waals surface area contributed by atoms with E-state index in [4.69, 9.17) is 4.74 Å². The fraction of sp³-hybridized carbons (Fsp3) is 0.488. The van der Waals surface area contributed by atoms with E-state index in [1.54, 1.807) is 19.2 Å². The van der Waals surface area contributed by atoms with Crippen LogP contribution in [0.2, 0.25) is 0 Å². The average molecular weight is 795 g/mol. The van der Waals surface area contributed by atoms with E-state index in [-0.39, 0.29) is 48.9 Å². The maximum atomic E-state index is 14.9. The lowest BCUT2D eigenvalue weighted by atomic mass is 9.81. The fourth-order valence-electron chi connectivity index (χ4n) is 8.65. The van der Waals surface area contributed by atoms with Gasteiger partial charge < -0.3 is 14.2 Å². The van der Waals surface area contributed by atoms with Gasteiger partial charge in [0.05, 0.1) is 35.9 Å². The van der Waals surface area contributed by atoms with Crippen molar-refractivity contribution in [2.24, 2.45) is 7.05 Å². The van der Waals surface area contributed by atoms with Gasteiger partial charge in [0.2, 0.25) is 10.0 Å². The van der Waals surface area contributed by atoms with Gasteiger partial charge in [0, 0.05) is 54.3 Å². The predicted molar refractivity (Wildman–Crippen MR) is 210 cm³/mol. The van der Waals surface area contributed by atoms with Crippen LogP contribution in [0.1, 0.15) is 109 Å². The summed E-state index contributed by atoms with van der Waals surface area (Å²) in [5, 5.41) is 4.01. The smallest absolute Gasteiger partial charge is 0.435 e. The first-order valence-electron chi connectivity index (χ1n) is 19.2. The number of alkyl halides is 3. The number of piperazine rings is 1. The molecule has 56 heavy (non-hydrogen) atoms. The van der Waals surface area contributed by atoms with Crippen molar-refractivity contribution in [2.45, 2.75) is 95.8 Å². The van der Waals surface area contributed by atoms with E-state index in [0.717, 1.165) is 59.0 Å². The molecule has 2 aromatic carbocycles. The maximum Gasteiger partial charge on any atom is 0.435 e. The second-order valence-corrected chi connectivity index (χ2v) is 18.1. The zero-order valence-electron chi connectivity index (χ0n) is 32.8. The molecule has 1 N–H and O–H groups in total. The summed E-state index contributed by atoms with van der Waals surface area (Å²) in [4.78, 5) is 31.6. The molecule has 0 unspecified atom stereocenters. The minimum absolute atomic E-state index is 0.0254. The summed E-state index contributed by atoms with van der Waals surface area (Å²) in [5.74, 6) is -0.818. The number of carbonyl (C=O) groups is 2. The summed E-state index contributed by atoms with van der Waals surface area (Å²) in [6.07, 6.45) is 1.95. The van der Waals surface area contributed by atoms with Crippen LogP contribution in [-0.2, 0) is 29.8 Å². The molecule has 1 saturated heterocycles. The molecule has 1 saturated carbocycles. The highest BCUT2D eigenvalue weighted by atomic mass is 32.2. The average Bonchev–Trinajstić information content (AvgIpc) is 3.61. The Morgan fingerprint density at radius 1 is 0.964 bits per heavy atom. The van der Waals surface area contributed by atoms with E-state index < -0.39 is 44.5 Å². The summed E-state index contributed by atoms with van der Waals surface area (Å²) in [7, 11) is 0.971. The molecule has 2 aliphatic heterocycles. The summed E-state index contributed by atoms with van der Waals surface area (Å²) in [6, 6.07) is 10.6. The van der Waals surface area contributed by atoms with Crippen molar-refractivity contribution in [3.05, 3.63) is 70.0 Å². The van der Waals surface area contributed by atoms with Crippen LogP contribution in [0.4, 0.5) is 13.2 Å². The fourth-order valence-corrected chi connectivity index (χ4v) is 9.27. The van der Waals surface area contributed by atoms with Crippen LogP contribution in [0.3, 0.4) is 0 Å². The highest BCUT2D eigenvalue weighted by molar-refractivity contribution is 7.90. The minimum Gasteiger partial charge on any atom is -0.497 e. The van der Waals surface area contributed by atoms with E-state index in [1.165, 1.54) is 25.8 Å². The minimum atomic E-state index is -4.92. The maximum absolute atomic E-state index is 14.9. The zero-order valence-corrected chi connectivity index (χ0v) is 33.6. The molecule has 7 rings (SSSR count). The van der Waals surface area contributed by atoms with Gasteiger partial charge in [0.1, 0.15) is 5.75 Å². The number of carbonyl (C=O) groups excluding carboxylic acids is 2. The van der Waals surface area contributed by atoms with Crippen LogP contribution in [0, 0.1) is 0 Å². The molecule has 4 aromatic rings. The van der Waals surface area contributed by atoms with Gasteiger partial charge >= 0.3 is 6.18 Å². The first kappa shape index (κ1) is 39.6. The first-order chi connectivity index (χ1) is 26.4. The number of likely N-dealkylation sites (N-methyl/N-ethyl adjacent to an activating group) is 1. The molecule has 2 aromatic heterocycles. The Bertz CT molecular complexity index is 2340. The van der Waals surface area contributed by atoms with Gasteiger partial charge in [-0.05, 0) is 107 Å². The molecular weight excluding hydrogens is 746 g/mol. The van der Waals surface area contributed by atoms with Crippen LogP contribution in [0.25, 0.3) is 33.8 Å². The monoisotopic (exact) mass is 794 g/mol. The number of allylic oxidation sites excluding steroid dienone is 1. The molecule has 15 heteroatoms. The highest BCUT2D eigenvalue weighted by Gasteiger charge is 2.44. The number of amides is 2. The van der Waals surface area contributed by atoms with Crippen molar-refractivity contribution in [1.29, 1.82) is 0 Å². The molecule has 0 radical (unpaired) electrons. The van der Waals surface area contributed by atoms with E-state index in [2.05, 4.69) is 14.7 Å². The number of sulfonamides is 1. The normalized spacial score (nSPS) is 19.8. The van der Waals surface area contributed by atoms with E-state index in [0.29, 0.717) is 22.4 Å². The van der Waals surface area contributed by atoms with Crippen molar-refractivity contribution in [3.8, 4) is 17.0 Å². The molecule has 2 fully saturated rings. The molecule has 300 valence electrons. The molecule has 2 amide bonds. The molecule has 4 heterocycles. The Hall–Kier alpha value is -4.63. The number of hydrogen-bond acceptors (Lipinski definition) is 7. The third-order valence-electron chi connectivity index (χ3n) is 11.9. The van der Waals surface area contributed by atoms with Crippen molar-refractivity contribution in [1.82, 2.24) is 28.9 Å². The van der Waals surface area contributed by atoms with Crippen LogP contribution >= 0.6 is 0 Å². The number of ether oxygens (including phenoxy) is 1. The van der Waals surface area contributed by atoms with Gasteiger partial charge in [-0.3, -0.25) is 19.2 Å². The second kappa shape index (κ2) is 14.7. The van der Waals surface area contributed by atoms with Crippen LogP contribution < -0.4 is 9.46 Å². The van der Waals surface area contributed by atoms with Crippen LogP contribution in [-0.4, -0.2) is 89.0 Å². The number of halogens is 3. The number of nitrogens with one attached hydrogen (secondary N) is 1. The Kier molecular flexibility index (Phi) is 10.4.